The number of aryl methyl sites for hydroxylation is 1. The van der Waals surface area contributed by atoms with Gasteiger partial charge >= 0.3 is 6.03 Å². The number of carbonyl (C=O) groups is 2. The van der Waals surface area contributed by atoms with Gasteiger partial charge in [-0.25, -0.2) is 9.18 Å². The van der Waals surface area contributed by atoms with Crippen LogP contribution in [0.25, 0.3) is 0 Å². The molecule has 1 aromatic carbocycles. The maximum Gasteiger partial charge on any atom is 0.317 e. The highest BCUT2D eigenvalue weighted by atomic mass is 19.1. The van der Waals surface area contributed by atoms with Crippen LogP contribution in [0.15, 0.2) is 18.2 Å². The molecule has 25 heavy (non-hydrogen) atoms. The number of nitrogens with zero attached hydrogens (tertiary/aromatic N) is 2. The minimum atomic E-state index is -0.268. The topological polar surface area (TPSA) is 52.7 Å². The Morgan fingerprint density at radius 2 is 1.84 bits per heavy atom. The molecule has 2 aliphatic rings. The smallest absolute Gasteiger partial charge is 0.317 e. The third-order valence-corrected chi connectivity index (χ3v) is 5.06. The number of hydrogen-bond donors (Lipinski definition) is 1. The normalized spacial score (nSPS) is 19.3. The molecule has 1 saturated carbocycles. The van der Waals surface area contributed by atoms with E-state index < -0.39 is 0 Å². The van der Waals surface area contributed by atoms with Gasteiger partial charge in [0, 0.05) is 32.1 Å². The Labute approximate surface area is 148 Å². The first-order valence-electron chi connectivity index (χ1n) is 9.06. The fourth-order valence-corrected chi connectivity index (χ4v) is 3.17. The van der Waals surface area contributed by atoms with Crippen LogP contribution in [0.5, 0.6) is 0 Å². The zero-order valence-corrected chi connectivity index (χ0v) is 14.9. The highest BCUT2D eigenvalue weighted by Crippen LogP contribution is 2.31. The second kappa shape index (κ2) is 7.42. The molecule has 1 aliphatic carbocycles. The molecular weight excluding hydrogens is 321 g/mol. The van der Waals surface area contributed by atoms with Gasteiger partial charge in [-0.3, -0.25) is 4.79 Å². The van der Waals surface area contributed by atoms with Crippen molar-refractivity contribution in [1.29, 1.82) is 0 Å². The van der Waals surface area contributed by atoms with E-state index in [0.717, 1.165) is 31.4 Å². The molecule has 1 atom stereocenters. The number of urea groups is 1. The van der Waals surface area contributed by atoms with E-state index in [4.69, 9.17) is 0 Å². The maximum atomic E-state index is 13.7. The predicted octanol–water partition coefficient (Wildman–Crippen LogP) is 2.85. The van der Waals surface area contributed by atoms with Crippen molar-refractivity contribution in [2.45, 2.75) is 39.2 Å². The number of halogens is 1. The summed E-state index contributed by atoms with van der Waals surface area (Å²) in [7, 11) is 0. The largest absolute Gasteiger partial charge is 0.341 e. The molecule has 5 nitrogen and oxygen atoms in total. The average Bonchev–Trinajstić information content (AvgIpc) is 3.43. The molecule has 0 spiro atoms. The molecule has 6 heteroatoms. The van der Waals surface area contributed by atoms with Crippen molar-refractivity contribution in [3.8, 4) is 0 Å². The summed E-state index contributed by atoms with van der Waals surface area (Å²) in [5, 5.41) is 2.94. The first-order chi connectivity index (χ1) is 12.0. The van der Waals surface area contributed by atoms with Gasteiger partial charge in [0.05, 0.1) is 6.04 Å². The second-order valence-electron chi connectivity index (χ2n) is 7.12. The first-order valence-corrected chi connectivity index (χ1v) is 9.06. The molecule has 0 radical (unpaired) electrons. The van der Waals surface area contributed by atoms with Gasteiger partial charge in [0.25, 0.3) is 0 Å². The Kier molecular flexibility index (Phi) is 5.25. The number of nitrogens with one attached hydrogen (secondary N) is 1. The fraction of sp³-hybridized carbons (Fsp3) is 0.579. The molecule has 3 amide bonds. The van der Waals surface area contributed by atoms with E-state index in [-0.39, 0.29) is 29.7 Å². The highest BCUT2D eigenvalue weighted by molar-refractivity contribution is 5.81. The predicted molar refractivity (Wildman–Crippen MR) is 93.6 cm³/mol. The number of carbonyl (C=O) groups excluding carboxylic acids is 2. The molecule has 1 N–H and O–H groups in total. The van der Waals surface area contributed by atoms with E-state index in [9.17, 15) is 14.0 Å². The molecule has 3 rings (SSSR count). The third kappa shape index (κ3) is 4.30. The molecule has 0 unspecified atom stereocenters. The van der Waals surface area contributed by atoms with Crippen molar-refractivity contribution in [2.75, 3.05) is 26.2 Å². The molecule has 1 heterocycles. The van der Waals surface area contributed by atoms with Gasteiger partial charge in [0.2, 0.25) is 5.91 Å². The van der Waals surface area contributed by atoms with Gasteiger partial charge in [0.1, 0.15) is 5.82 Å². The molecule has 136 valence electrons. The van der Waals surface area contributed by atoms with Crippen LogP contribution in [0.3, 0.4) is 0 Å². The monoisotopic (exact) mass is 347 g/mol. The summed E-state index contributed by atoms with van der Waals surface area (Å²) >= 11 is 0. The van der Waals surface area contributed by atoms with E-state index in [1.54, 1.807) is 17.9 Å². The standard InChI is InChI=1S/C19H26FN3O2/c1-13-4-5-16(12-17(13)20)14(2)21-19(25)23-9-3-8-22(10-11-23)18(24)15-6-7-15/h4-5,12,14-15H,3,6-11H2,1-2H3,(H,21,25)/t14-/m1/s1. The van der Waals surface area contributed by atoms with Crippen LogP contribution >= 0.6 is 0 Å². The van der Waals surface area contributed by atoms with Crippen molar-refractivity contribution in [1.82, 2.24) is 15.1 Å². The zero-order valence-electron chi connectivity index (χ0n) is 14.9. The minimum absolute atomic E-state index is 0.158. The van der Waals surface area contributed by atoms with Gasteiger partial charge < -0.3 is 15.1 Å². The van der Waals surface area contributed by atoms with Crippen molar-refractivity contribution in [3.63, 3.8) is 0 Å². The third-order valence-electron chi connectivity index (χ3n) is 5.06. The van der Waals surface area contributed by atoms with Crippen LogP contribution in [0.4, 0.5) is 9.18 Å². The molecule has 1 aromatic rings. The fourth-order valence-electron chi connectivity index (χ4n) is 3.17. The minimum Gasteiger partial charge on any atom is -0.341 e. The quantitative estimate of drug-likeness (QED) is 0.914. The van der Waals surface area contributed by atoms with Gasteiger partial charge in [-0.2, -0.15) is 0 Å². The molecule has 0 bridgehead atoms. The van der Waals surface area contributed by atoms with Crippen LogP contribution in [-0.2, 0) is 4.79 Å². The number of benzene rings is 1. The Bertz CT molecular complexity index is 660. The summed E-state index contributed by atoms with van der Waals surface area (Å²) < 4.78 is 13.7. The van der Waals surface area contributed by atoms with Crippen molar-refractivity contribution < 1.29 is 14.0 Å². The first kappa shape index (κ1) is 17.7. The van der Waals surface area contributed by atoms with E-state index in [1.165, 1.54) is 6.07 Å². The van der Waals surface area contributed by atoms with Gasteiger partial charge in [-0.15, -0.1) is 0 Å². The maximum absolute atomic E-state index is 13.7. The summed E-state index contributed by atoms with van der Waals surface area (Å²) in [6.45, 7) is 6.06. The summed E-state index contributed by atoms with van der Waals surface area (Å²) in [6, 6.07) is 4.60. The number of rotatable bonds is 3. The second-order valence-corrected chi connectivity index (χ2v) is 7.12. The lowest BCUT2D eigenvalue weighted by Gasteiger charge is -2.24. The summed E-state index contributed by atoms with van der Waals surface area (Å²) in [5.74, 6) is 0.199. The van der Waals surface area contributed by atoms with Crippen molar-refractivity contribution in [3.05, 3.63) is 35.1 Å². The summed E-state index contributed by atoms with van der Waals surface area (Å²) in [6.07, 6.45) is 2.80. The van der Waals surface area contributed by atoms with Crippen molar-refractivity contribution >= 4 is 11.9 Å². The Morgan fingerprint density at radius 1 is 1.16 bits per heavy atom. The Balaban J connectivity index is 1.55. The Morgan fingerprint density at radius 3 is 2.52 bits per heavy atom. The zero-order chi connectivity index (χ0) is 18.0. The average molecular weight is 347 g/mol. The summed E-state index contributed by atoms with van der Waals surface area (Å²) in [5.41, 5.74) is 1.34. The SMILES string of the molecule is Cc1ccc([C@@H](C)NC(=O)N2CCCN(C(=O)C3CC3)CC2)cc1F. The van der Waals surface area contributed by atoms with Crippen LogP contribution in [0.2, 0.25) is 0 Å². The van der Waals surface area contributed by atoms with Crippen LogP contribution < -0.4 is 5.32 Å². The van der Waals surface area contributed by atoms with E-state index >= 15 is 0 Å². The van der Waals surface area contributed by atoms with E-state index in [2.05, 4.69) is 5.32 Å². The highest BCUT2D eigenvalue weighted by Gasteiger charge is 2.34. The van der Waals surface area contributed by atoms with Crippen LogP contribution in [0.1, 0.15) is 43.4 Å². The lowest BCUT2D eigenvalue weighted by atomic mass is 10.1. The Hall–Kier alpha value is -2.11. The summed E-state index contributed by atoms with van der Waals surface area (Å²) in [4.78, 5) is 28.4. The van der Waals surface area contributed by atoms with E-state index in [1.807, 2.05) is 17.9 Å². The van der Waals surface area contributed by atoms with Crippen molar-refractivity contribution in [2.24, 2.45) is 5.92 Å². The van der Waals surface area contributed by atoms with Crippen LogP contribution in [-0.4, -0.2) is 47.9 Å². The number of hydrogen-bond acceptors (Lipinski definition) is 2. The van der Waals surface area contributed by atoms with Crippen LogP contribution in [0, 0.1) is 18.7 Å². The molecule has 1 saturated heterocycles. The van der Waals surface area contributed by atoms with E-state index in [0.29, 0.717) is 25.2 Å². The van der Waals surface area contributed by atoms with Gasteiger partial charge in [0.15, 0.2) is 0 Å². The lowest BCUT2D eigenvalue weighted by molar-refractivity contribution is -0.132. The lowest BCUT2D eigenvalue weighted by Crippen LogP contribution is -2.43. The molecule has 0 aromatic heterocycles. The molecular formula is C19H26FN3O2. The van der Waals surface area contributed by atoms with Gasteiger partial charge in [-0.1, -0.05) is 12.1 Å². The number of amides is 3. The van der Waals surface area contributed by atoms with Gasteiger partial charge in [-0.05, 0) is 50.3 Å². The molecule has 1 aliphatic heterocycles. The molecule has 2 fully saturated rings.